The number of halogens is 2. The fraction of sp³-hybridized carbons (Fsp3) is 0.677. The Kier molecular flexibility index (Phi) is 8.39. The fourth-order valence-corrected chi connectivity index (χ4v) is 9.92. The number of nitrogens with zero attached hydrogens (tertiary/aromatic N) is 1. The Bertz CT molecular complexity index is 1040. The lowest BCUT2D eigenvalue weighted by molar-refractivity contribution is -0.128. The van der Waals surface area contributed by atoms with Crippen LogP contribution in [0.15, 0.2) is 40.8 Å². The van der Waals surface area contributed by atoms with Crippen molar-refractivity contribution < 1.29 is 9.59 Å². The van der Waals surface area contributed by atoms with Crippen molar-refractivity contribution in [2.45, 2.75) is 70.1 Å². The van der Waals surface area contributed by atoms with Crippen LogP contribution in [0.25, 0.3) is 0 Å². The molecule has 0 heterocycles. The molecule has 0 amide bonds. The molecular weight excluding hydrogens is 521 g/mol. The Morgan fingerprint density at radius 2 is 1.70 bits per heavy atom. The van der Waals surface area contributed by atoms with E-state index in [1.165, 1.54) is 24.8 Å². The van der Waals surface area contributed by atoms with E-state index in [9.17, 15) is 9.59 Å². The summed E-state index contributed by atoms with van der Waals surface area (Å²) in [4.78, 5) is 29.1. The topological polar surface area (TPSA) is 37.4 Å². The number of hydrogen-bond acceptors (Lipinski definition) is 4. The van der Waals surface area contributed by atoms with Crippen LogP contribution >= 0.6 is 35.0 Å². The van der Waals surface area contributed by atoms with Gasteiger partial charge >= 0.3 is 0 Å². The Hall–Kier alpha value is -0.970. The molecule has 1 aromatic carbocycles. The highest BCUT2D eigenvalue weighted by Crippen LogP contribution is 2.66. The molecule has 4 aliphatic rings. The van der Waals surface area contributed by atoms with Crippen LogP contribution in [0, 0.1) is 34.5 Å². The summed E-state index contributed by atoms with van der Waals surface area (Å²) in [7, 11) is 0. The number of benzene rings is 1. The number of carbonyl (C=O) groups is 2. The van der Waals surface area contributed by atoms with Gasteiger partial charge in [0.2, 0.25) is 0 Å². The van der Waals surface area contributed by atoms with Gasteiger partial charge in [0.1, 0.15) is 5.78 Å². The van der Waals surface area contributed by atoms with Crippen LogP contribution in [-0.4, -0.2) is 42.2 Å². The van der Waals surface area contributed by atoms with E-state index in [2.05, 4.69) is 43.0 Å². The van der Waals surface area contributed by atoms with Crippen molar-refractivity contribution in [1.82, 2.24) is 0 Å². The van der Waals surface area contributed by atoms with Crippen molar-refractivity contribution in [3.63, 3.8) is 0 Å². The minimum atomic E-state index is 0.133. The molecule has 0 spiro atoms. The second kappa shape index (κ2) is 11.3. The van der Waals surface area contributed by atoms with Gasteiger partial charge in [-0.05, 0) is 104 Å². The monoisotopic (exact) mass is 561 g/mol. The van der Waals surface area contributed by atoms with Crippen molar-refractivity contribution in [3.8, 4) is 0 Å². The van der Waals surface area contributed by atoms with Crippen molar-refractivity contribution in [1.29, 1.82) is 0 Å². The molecule has 3 fully saturated rings. The van der Waals surface area contributed by atoms with Crippen molar-refractivity contribution in [2.24, 2.45) is 34.5 Å². The lowest BCUT2D eigenvalue weighted by Crippen LogP contribution is -2.51. The number of fused-ring (bicyclic) bond motifs is 5. The zero-order chi connectivity index (χ0) is 26.2. The molecule has 6 atom stereocenters. The highest BCUT2D eigenvalue weighted by Gasteiger charge is 2.59. The summed E-state index contributed by atoms with van der Waals surface area (Å²) in [6.07, 6.45) is 10.6. The van der Waals surface area contributed by atoms with Crippen LogP contribution in [0.2, 0.25) is 0 Å². The molecule has 3 saturated carbocycles. The SMILES string of the molecule is CC12CCC(=O)C=C1CCC1C2CCC2(C)C(C(=O)CSc3ccc(N(CCCl)CCCl)cc3)CCC12. The average Bonchev–Trinajstić information content (AvgIpc) is 3.25. The molecule has 0 radical (unpaired) electrons. The standard InChI is InChI=1S/C31H41Cl2NO2S/c1-30-13-11-23(35)19-21(30)3-8-25-26-9-10-28(31(26,2)14-12-27(25)30)29(36)20-37-24-6-4-22(5-7-24)34(17-15-32)18-16-33/h4-7,19,25-28H,3,8-18,20H2,1-2H3. The number of rotatable bonds is 9. The molecular formula is C31H41Cl2NO2S. The van der Waals surface area contributed by atoms with E-state index < -0.39 is 0 Å². The molecule has 0 N–H and O–H groups in total. The third kappa shape index (κ3) is 5.16. The third-order valence-corrected chi connectivity index (χ3v) is 12.0. The maximum absolute atomic E-state index is 13.6. The van der Waals surface area contributed by atoms with E-state index in [-0.39, 0.29) is 16.7 Å². The second-order valence-corrected chi connectivity index (χ2v) is 14.1. The predicted octanol–water partition coefficient (Wildman–Crippen LogP) is 7.78. The molecule has 0 saturated heterocycles. The van der Waals surface area contributed by atoms with Crippen LogP contribution in [0.5, 0.6) is 0 Å². The molecule has 1 aromatic rings. The number of ketones is 2. The Morgan fingerprint density at radius 1 is 0.973 bits per heavy atom. The normalized spacial score (nSPS) is 34.8. The molecule has 6 unspecified atom stereocenters. The lowest BCUT2D eigenvalue weighted by Gasteiger charge is -2.58. The maximum atomic E-state index is 13.6. The number of thioether (sulfide) groups is 1. The molecule has 0 bridgehead atoms. The largest absolute Gasteiger partial charge is 0.369 e. The van der Waals surface area contributed by atoms with Crippen molar-refractivity contribution in [3.05, 3.63) is 35.9 Å². The summed E-state index contributed by atoms with van der Waals surface area (Å²) in [5.74, 6) is 4.68. The van der Waals surface area contributed by atoms with E-state index in [1.54, 1.807) is 11.8 Å². The summed E-state index contributed by atoms with van der Waals surface area (Å²) >= 11 is 13.6. The highest BCUT2D eigenvalue weighted by atomic mass is 35.5. The Morgan fingerprint density at radius 3 is 2.41 bits per heavy atom. The van der Waals surface area contributed by atoms with Crippen molar-refractivity contribution in [2.75, 3.05) is 35.5 Å². The van der Waals surface area contributed by atoms with E-state index >= 15 is 0 Å². The van der Waals surface area contributed by atoms with Gasteiger partial charge in [0, 0.05) is 47.8 Å². The van der Waals surface area contributed by atoms with Gasteiger partial charge in [0.05, 0.1) is 5.75 Å². The Labute approximate surface area is 237 Å². The Balaban J connectivity index is 1.22. The van der Waals surface area contributed by atoms with Crippen LogP contribution in [0.3, 0.4) is 0 Å². The average molecular weight is 563 g/mol. The number of allylic oxidation sites excluding steroid dienone is 1. The van der Waals surface area contributed by atoms with Gasteiger partial charge in [0.15, 0.2) is 5.78 Å². The van der Waals surface area contributed by atoms with Gasteiger partial charge in [0.25, 0.3) is 0 Å². The number of alkyl halides is 2. The molecule has 6 heteroatoms. The van der Waals surface area contributed by atoms with E-state index in [1.807, 2.05) is 6.08 Å². The molecule has 4 aliphatic carbocycles. The zero-order valence-corrected chi connectivity index (χ0v) is 24.6. The highest BCUT2D eigenvalue weighted by molar-refractivity contribution is 8.00. The number of hydrogen-bond donors (Lipinski definition) is 0. The first kappa shape index (κ1) is 27.6. The van der Waals surface area contributed by atoms with Gasteiger partial charge in [-0.15, -0.1) is 35.0 Å². The first-order valence-electron chi connectivity index (χ1n) is 14.2. The first-order valence-corrected chi connectivity index (χ1v) is 16.2. The van der Waals surface area contributed by atoms with E-state index in [4.69, 9.17) is 23.2 Å². The molecule has 37 heavy (non-hydrogen) atoms. The van der Waals surface area contributed by atoms with Gasteiger partial charge in [-0.3, -0.25) is 9.59 Å². The third-order valence-electron chi connectivity index (χ3n) is 10.6. The summed E-state index contributed by atoms with van der Waals surface area (Å²) in [5.41, 5.74) is 2.89. The van der Waals surface area contributed by atoms with Gasteiger partial charge < -0.3 is 4.90 Å². The van der Waals surface area contributed by atoms with Crippen LogP contribution in [-0.2, 0) is 9.59 Å². The molecule has 0 aromatic heterocycles. The van der Waals surface area contributed by atoms with Gasteiger partial charge in [-0.2, -0.15) is 0 Å². The maximum Gasteiger partial charge on any atom is 0.155 e. The van der Waals surface area contributed by atoms with Crippen LogP contribution in [0.1, 0.15) is 65.2 Å². The first-order chi connectivity index (χ1) is 17.8. The minimum Gasteiger partial charge on any atom is -0.369 e. The molecule has 202 valence electrons. The summed E-state index contributed by atoms with van der Waals surface area (Å²) in [6, 6.07) is 8.47. The zero-order valence-electron chi connectivity index (χ0n) is 22.3. The summed E-state index contributed by atoms with van der Waals surface area (Å²) in [5, 5.41) is 0. The summed E-state index contributed by atoms with van der Waals surface area (Å²) in [6.45, 7) is 6.42. The summed E-state index contributed by atoms with van der Waals surface area (Å²) < 4.78 is 0. The van der Waals surface area contributed by atoms with E-state index in [0.29, 0.717) is 53.3 Å². The van der Waals surface area contributed by atoms with Gasteiger partial charge in [-0.1, -0.05) is 19.4 Å². The molecule has 5 rings (SSSR count). The van der Waals surface area contributed by atoms with Gasteiger partial charge in [-0.25, -0.2) is 0 Å². The van der Waals surface area contributed by atoms with Crippen LogP contribution in [0.4, 0.5) is 5.69 Å². The number of Topliss-reactive ketones (excluding diaryl/α,β-unsaturated/α-hetero) is 1. The second-order valence-electron chi connectivity index (χ2n) is 12.3. The lowest BCUT2D eigenvalue weighted by atomic mass is 9.46. The fourth-order valence-electron chi connectivity index (χ4n) is 8.67. The minimum absolute atomic E-state index is 0.133. The van der Waals surface area contributed by atoms with Crippen LogP contribution < -0.4 is 4.90 Å². The smallest absolute Gasteiger partial charge is 0.155 e. The van der Waals surface area contributed by atoms with E-state index in [0.717, 1.165) is 49.4 Å². The molecule has 3 nitrogen and oxygen atoms in total. The predicted molar refractivity (Wildman–Crippen MR) is 156 cm³/mol. The quantitative estimate of drug-likeness (QED) is 0.228. The number of carbonyl (C=O) groups excluding carboxylic acids is 2. The molecule has 0 aliphatic heterocycles. The number of anilines is 1. The van der Waals surface area contributed by atoms with Crippen molar-refractivity contribution >= 4 is 52.2 Å².